The quantitative estimate of drug-likeness (QED) is 0.919. The molecule has 0 radical (unpaired) electrons. The number of alkyl carbamates (subject to hydrolysis) is 1. The van der Waals surface area contributed by atoms with E-state index in [1.165, 1.54) is 0 Å². The number of piperidine rings is 1. The summed E-state index contributed by atoms with van der Waals surface area (Å²) in [5.41, 5.74) is 0.685. The van der Waals surface area contributed by atoms with E-state index in [0.29, 0.717) is 18.7 Å². The standard InChI is InChI=1S/C15H20N2O3/c1-2-20-15(19)16-13-9-6-10-17(11-13)14(18)12-7-4-3-5-8-12/h3-5,7-8,13H,2,6,9-11H2,1H3,(H,16,19)/t13-/m0/s1. The maximum Gasteiger partial charge on any atom is 0.407 e. The monoisotopic (exact) mass is 276 g/mol. The van der Waals surface area contributed by atoms with Crippen LogP contribution in [0.5, 0.6) is 0 Å². The highest BCUT2D eigenvalue weighted by atomic mass is 16.5. The summed E-state index contributed by atoms with van der Waals surface area (Å²) in [5.74, 6) is 0.0148. The van der Waals surface area contributed by atoms with E-state index in [1.807, 2.05) is 30.3 Å². The van der Waals surface area contributed by atoms with Gasteiger partial charge in [-0.2, -0.15) is 0 Å². The van der Waals surface area contributed by atoms with Crippen LogP contribution in [-0.4, -0.2) is 42.6 Å². The number of carbonyl (C=O) groups is 2. The molecule has 5 nitrogen and oxygen atoms in total. The largest absolute Gasteiger partial charge is 0.450 e. The second-order valence-corrected chi connectivity index (χ2v) is 4.82. The highest BCUT2D eigenvalue weighted by molar-refractivity contribution is 5.94. The third kappa shape index (κ3) is 3.73. The zero-order valence-corrected chi connectivity index (χ0v) is 11.7. The summed E-state index contributed by atoms with van der Waals surface area (Å²) in [6.07, 6.45) is 1.35. The van der Waals surface area contributed by atoms with E-state index in [9.17, 15) is 9.59 Å². The maximum absolute atomic E-state index is 12.3. The summed E-state index contributed by atoms with van der Waals surface area (Å²) in [6.45, 7) is 3.39. The minimum atomic E-state index is -0.411. The minimum absolute atomic E-state index is 0.0148. The molecule has 0 aromatic heterocycles. The van der Waals surface area contributed by atoms with Crippen molar-refractivity contribution in [2.45, 2.75) is 25.8 Å². The molecule has 2 amide bonds. The number of amides is 2. The van der Waals surface area contributed by atoms with Crippen molar-refractivity contribution in [1.29, 1.82) is 0 Å². The van der Waals surface area contributed by atoms with Crippen molar-refractivity contribution in [1.82, 2.24) is 10.2 Å². The van der Waals surface area contributed by atoms with Gasteiger partial charge in [0, 0.05) is 24.7 Å². The summed E-state index contributed by atoms with van der Waals surface area (Å²) in [6, 6.07) is 9.18. The number of nitrogens with zero attached hydrogens (tertiary/aromatic N) is 1. The van der Waals surface area contributed by atoms with Gasteiger partial charge in [-0.1, -0.05) is 18.2 Å². The average molecular weight is 276 g/mol. The molecule has 108 valence electrons. The molecule has 0 spiro atoms. The van der Waals surface area contributed by atoms with Crippen molar-refractivity contribution in [2.24, 2.45) is 0 Å². The first-order valence-corrected chi connectivity index (χ1v) is 6.98. The third-order valence-corrected chi connectivity index (χ3v) is 3.33. The number of benzene rings is 1. The fourth-order valence-electron chi connectivity index (χ4n) is 2.38. The SMILES string of the molecule is CCOC(=O)N[C@H]1CCCN(C(=O)c2ccccc2)C1. The van der Waals surface area contributed by atoms with Gasteiger partial charge in [-0.3, -0.25) is 4.79 Å². The highest BCUT2D eigenvalue weighted by Gasteiger charge is 2.25. The topological polar surface area (TPSA) is 58.6 Å². The van der Waals surface area contributed by atoms with Crippen LogP contribution in [0, 0.1) is 0 Å². The van der Waals surface area contributed by atoms with Crippen molar-refractivity contribution < 1.29 is 14.3 Å². The van der Waals surface area contributed by atoms with Crippen LogP contribution >= 0.6 is 0 Å². The molecule has 5 heteroatoms. The van der Waals surface area contributed by atoms with Crippen LogP contribution in [0.1, 0.15) is 30.1 Å². The van der Waals surface area contributed by atoms with E-state index in [2.05, 4.69) is 5.32 Å². The Bertz CT molecular complexity index is 461. The molecule has 0 saturated carbocycles. The number of nitrogens with one attached hydrogen (secondary N) is 1. The van der Waals surface area contributed by atoms with Crippen LogP contribution < -0.4 is 5.32 Å². The molecule has 0 aliphatic carbocycles. The van der Waals surface area contributed by atoms with Crippen molar-refractivity contribution >= 4 is 12.0 Å². The van der Waals surface area contributed by atoms with Crippen molar-refractivity contribution in [2.75, 3.05) is 19.7 Å². The fraction of sp³-hybridized carbons (Fsp3) is 0.467. The Balaban J connectivity index is 1.93. The van der Waals surface area contributed by atoms with E-state index < -0.39 is 6.09 Å². The number of likely N-dealkylation sites (tertiary alicyclic amines) is 1. The molecule has 1 saturated heterocycles. The van der Waals surface area contributed by atoms with Crippen LogP contribution in [0.4, 0.5) is 4.79 Å². The number of ether oxygens (including phenoxy) is 1. The average Bonchev–Trinajstić information content (AvgIpc) is 2.48. The molecule has 1 aromatic carbocycles. The Morgan fingerprint density at radius 3 is 2.80 bits per heavy atom. The van der Waals surface area contributed by atoms with E-state index in [0.717, 1.165) is 19.4 Å². The zero-order valence-electron chi connectivity index (χ0n) is 11.7. The minimum Gasteiger partial charge on any atom is -0.450 e. The molecule has 1 aliphatic heterocycles. The number of hydrogen-bond donors (Lipinski definition) is 1. The first-order valence-electron chi connectivity index (χ1n) is 6.98. The van der Waals surface area contributed by atoms with E-state index in [4.69, 9.17) is 4.74 Å². The predicted octanol–water partition coefficient (Wildman–Crippen LogP) is 2.04. The van der Waals surface area contributed by atoms with E-state index in [-0.39, 0.29) is 11.9 Å². The van der Waals surface area contributed by atoms with Gasteiger partial charge in [-0.05, 0) is 31.9 Å². The molecular weight excluding hydrogens is 256 g/mol. The summed E-state index contributed by atoms with van der Waals surface area (Å²) in [7, 11) is 0. The van der Waals surface area contributed by atoms with Gasteiger partial charge in [0.2, 0.25) is 0 Å². The second kappa shape index (κ2) is 6.93. The van der Waals surface area contributed by atoms with Gasteiger partial charge < -0.3 is 15.0 Å². The van der Waals surface area contributed by atoms with Gasteiger partial charge in [0.15, 0.2) is 0 Å². The van der Waals surface area contributed by atoms with Crippen molar-refractivity contribution in [3.05, 3.63) is 35.9 Å². The molecule has 0 bridgehead atoms. The molecule has 1 fully saturated rings. The molecular formula is C15H20N2O3. The van der Waals surface area contributed by atoms with Gasteiger partial charge in [0.05, 0.1) is 6.61 Å². The summed E-state index contributed by atoms with van der Waals surface area (Å²) < 4.78 is 4.87. The van der Waals surface area contributed by atoms with Gasteiger partial charge in [-0.15, -0.1) is 0 Å². The van der Waals surface area contributed by atoms with Gasteiger partial charge in [0.25, 0.3) is 5.91 Å². The lowest BCUT2D eigenvalue weighted by atomic mass is 10.0. The summed E-state index contributed by atoms with van der Waals surface area (Å²) in [4.78, 5) is 25.5. The number of carbonyl (C=O) groups excluding carboxylic acids is 2. The van der Waals surface area contributed by atoms with Crippen LogP contribution in [-0.2, 0) is 4.74 Å². The van der Waals surface area contributed by atoms with Crippen LogP contribution in [0.2, 0.25) is 0 Å². The molecule has 1 aromatic rings. The van der Waals surface area contributed by atoms with E-state index >= 15 is 0 Å². The second-order valence-electron chi connectivity index (χ2n) is 4.82. The highest BCUT2D eigenvalue weighted by Crippen LogP contribution is 2.14. The van der Waals surface area contributed by atoms with Crippen molar-refractivity contribution in [3.8, 4) is 0 Å². The first kappa shape index (κ1) is 14.4. The number of hydrogen-bond acceptors (Lipinski definition) is 3. The van der Waals surface area contributed by atoms with Crippen LogP contribution in [0.3, 0.4) is 0 Å². The molecule has 20 heavy (non-hydrogen) atoms. The smallest absolute Gasteiger partial charge is 0.407 e. The molecule has 2 rings (SSSR count). The molecule has 1 atom stereocenters. The lowest BCUT2D eigenvalue weighted by molar-refractivity contribution is 0.0686. The fourth-order valence-corrected chi connectivity index (χ4v) is 2.38. The van der Waals surface area contributed by atoms with Gasteiger partial charge in [-0.25, -0.2) is 4.79 Å². The maximum atomic E-state index is 12.3. The number of rotatable bonds is 3. The lowest BCUT2D eigenvalue weighted by Gasteiger charge is -2.33. The van der Waals surface area contributed by atoms with Crippen molar-refractivity contribution in [3.63, 3.8) is 0 Å². The van der Waals surface area contributed by atoms with Gasteiger partial charge in [0.1, 0.15) is 0 Å². The van der Waals surface area contributed by atoms with Crippen LogP contribution in [0.15, 0.2) is 30.3 Å². The zero-order chi connectivity index (χ0) is 14.4. The lowest BCUT2D eigenvalue weighted by Crippen LogP contribution is -2.49. The Morgan fingerprint density at radius 2 is 2.10 bits per heavy atom. The molecule has 0 unspecified atom stereocenters. The summed E-state index contributed by atoms with van der Waals surface area (Å²) >= 11 is 0. The normalized spacial score (nSPS) is 18.4. The van der Waals surface area contributed by atoms with Crippen LogP contribution in [0.25, 0.3) is 0 Å². The molecule has 1 heterocycles. The van der Waals surface area contributed by atoms with Gasteiger partial charge >= 0.3 is 6.09 Å². The Kier molecular flexibility index (Phi) is 4.98. The molecule has 1 aliphatic rings. The Morgan fingerprint density at radius 1 is 1.35 bits per heavy atom. The Labute approximate surface area is 118 Å². The van der Waals surface area contributed by atoms with E-state index in [1.54, 1.807) is 11.8 Å². The Hall–Kier alpha value is -2.04. The molecule has 1 N–H and O–H groups in total. The first-order chi connectivity index (χ1) is 9.70. The third-order valence-electron chi connectivity index (χ3n) is 3.33. The summed E-state index contributed by atoms with van der Waals surface area (Å²) in [5, 5.41) is 2.80. The predicted molar refractivity (Wildman–Crippen MR) is 75.5 cm³/mol.